The van der Waals surface area contributed by atoms with Crippen molar-refractivity contribution in [2.75, 3.05) is 13.2 Å². The molecular weight excluding hydrogens is 286 g/mol. The van der Waals surface area contributed by atoms with E-state index in [1.54, 1.807) is 24.3 Å². The first kappa shape index (κ1) is 17.7. The van der Waals surface area contributed by atoms with Gasteiger partial charge in [0.15, 0.2) is 0 Å². The molecule has 1 unspecified atom stereocenters. The van der Waals surface area contributed by atoms with Crippen molar-refractivity contribution in [3.63, 3.8) is 0 Å². The van der Waals surface area contributed by atoms with Crippen molar-refractivity contribution in [1.29, 1.82) is 0 Å². The molecule has 0 heterocycles. The minimum Gasteiger partial charge on any atom is -0.395 e. The van der Waals surface area contributed by atoms with Gasteiger partial charge in [-0.15, -0.1) is 0 Å². The normalized spacial score (nSPS) is 12.8. The Labute approximate surface area is 127 Å². The molecule has 0 bridgehead atoms. The van der Waals surface area contributed by atoms with Gasteiger partial charge in [0.2, 0.25) is 10.0 Å². The van der Waals surface area contributed by atoms with Gasteiger partial charge >= 0.3 is 0 Å². The first-order valence-corrected chi connectivity index (χ1v) is 8.63. The Morgan fingerprint density at radius 2 is 1.95 bits per heavy atom. The first-order valence-electron chi connectivity index (χ1n) is 7.19. The van der Waals surface area contributed by atoms with Gasteiger partial charge in [-0.3, -0.25) is 0 Å². The van der Waals surface area contributed by atoms with Crippen molar-refractivity contribution >= 4 is 10.0 Å². The van der Waals surface area contributed by atoms with E-state index in [1.807, 2.05) is 20.8 Å². The summed E-state index contributed by atoms with van der Waals surface area (Å²) in [4.78, 5) is 0.234. The average molecular weight is 309 g/mol. The molecule has 1 aromatic rings. The molecule has 21 heavy (non-hydrogen) atoms. The molecule has 0 aliphatic rings. The van der Waals surface area contributed by atoms with E-state index in [0.29, 0.717) is 18.5 Å². The van der Waals surface area contributed by atoms with E-state index >= 15 is 0 Å². The van der Waals surface area contributed by atoms with Crippen LogP contribution in [-0.4, -0.2) is 37.0 Å². The molecule has 1 N–H and O–H groups in total. The van der Waals surface area contributed by atoms with Crippen LogP contribution in [0.2, 0.25) is 0 Å². The van der Waals surface area contributed by atoms with Gasteiger partial charge in [0, 0.05) is 24.6 Å². The van der Waals surface area contributed by atoms with Crippen LogP contribution < -0.4 is 0 Å². The second-order valence-corrected chi connectivity index (χ2v) is 6.60. The Hall–Kier alpha value is -1.35. The Kier molecular flexibility index (Phi) is 6.90. The zero-order valence-electron chi connectivity index (χ0n) is 12.8. The van der Waals surface area contributed by atoms with E-state index in [9.17, 15) is 8.42 Å². The van der Waals surface area contributed by atoms with Crippen LogP contribution in [0.5, 0.6) is 0 Å². The van der Waals surface area contributed by atoms with Crippen LogP contribution in [0.15, 0.2) is 29.2 Å². The zero-order valence-corrected chi connectivity index (χ0v) is 13.7. The SMILES string of the molecule is CCC(C)N(CC)S(=O)(=O)c1ccccc1C#CCCO. The molecule has 1 rings (SSSR count). The van der Waals surface area contributed by atoms with Gasteiger partial charge in [0.1, 0.15) is 0 Å². The highest BCUT2D eigenvalue weighted by atomic mass is 32.2. The summed E-state index contributed by atoms with van der Waals surface area (Å²) in [5, 5.41) is 8.78. The maximum atomic E-state index is 12.8. The minimum absolute atomic E-state index is 0.0319. The standard InChI is InChI=1S/C16H23NO3S/c1-4-14(3)17(5-2)21(19,20)16-12-7-6-10-15(16)11-8-9-13-18/h6-7,10,12,14,18H,4-5,9,13H2,1-3H3. The predicted molar refractivity (Wildman–Crippen MR) is 84.3 cm³/mol. The van der Waals surface area contributed by atoms with Gasteiger partial charge in [-0.05, 0) is 25.5 Å². The number of aliphatic hydroxyl groups excluding tert-OH is 1. The molecule has 1 atom stereocenters. The molecule has 0 saturated carbocycles. The number of hydrogen-bond acceptors (Lipinski definition) is 3. The molecule has 4 nitrogen and oxygen atoms in total. The van der Waals surface area contributed by atoms with E-state index in [2.05, 4.69) is 11.8 Å². The largest absolute Gasteiger partial charge is 0.395 e. The first-order chi connectivity index (χ1) is 9.98. The smallest absolute Gasteiger partial charge is 0.244 e. The lowest BCUT2D eigenvalue weighted by Crippen LogP contribution is -2.38. The van der Waals surface area contributed by atoms with Crippen molar-refractivity contribution in [2.24, 2.45) is 0 Å². The van der Waals surface area contributed by atoms with Crippen LogP contribution in [-0.2, 0) is 10.0 Å². The molecular formula is C16H23NO3S. The summed E-state index contributed by atoms with van der Waals surface area (Å²) in [5.74, 6) is 5.62. The third-order valence-electron chi connectivity index (χ3n) is 3.33. The molecule has 0 spiro atoms. The fraction of sp³-hybridized carbons (Fsp3) is 0.500. The lowest BCUT2D eigenvalue weighted by molar-refractivity contribution is 0.305. The number of sulfonamides is 1. The fourth-order valence-electron chi connectivity index (χ4n) is 2.06. The number of aliphatic hydroxyl groups is 1. The summed E-state index contributed by atoms with van der Waals surface area (Å²) >= 11 is 0. The Morgan fingerprint density at radius 1 is 1.29 bits per heavy atom. The van der Waals surface area contributed by atoms with Gasteiger partial charge in [-0.2, -0.15) is 4.31 Å². The zero-order chi connectivity index (χ0) is 15.9. The number of nitrogens with zero attached hydrogens (tertiary/aromatic N) is 1. The number of hydrogen-bond donors (Lipinski definition) is 1. The molecule has 1 aromatic carbocycles. The van der Waals surface area contributed by atoms with Gasteiger partial charge in [-0.1, -0.05) is 37.8 Å². The highest BCUT2D eigenvalue weighted by Gasteiger charge is 2.28. The van der Waals surface area contributed by atoms with Crippen molar-refractivity contribution in [3.8, 4) is 11.8 Å². The van der Waals surface area contributed by atoms with Gasteiger partial charge in [-0.25, -0.2) is 8.42 Å². The Morgan fingerprint density at radius 3 is 2.52 bits per heavy atom. The fourth-order valence-corrected chi connectivity index (χ4v) is 3.92. The highest BCUT2D eigenvalue weighted by Crippen LogP contribution is 2.22. The maximum absolute atomic E-state index is 12.8. The number of benzene rings is 1. The third kappa shape index (κ3) is 4.31. The lowest BCUT2D eigenvalue weighted by Gasteiger charge is -2.26. The lowest BCUT2D eigenvalue weighted by atomic mass is 10.2. The van der Waals surface area contributed by atoms with E-state index < -0.39 is 10.0 Å². The summed E-state index contributed by atoms with van der Waals surface area (Å²) in [6, 6.07) is 6.69. The van der Waals surface area contributed by atoms with E-state index in [-0.39, 0.29) is 17.5 Å². The predicted octanol–water partition coefficient (Wildman–Crippen LogP) is 2.23. The summed E-state index contributed by atoms with van der Waals surface area (Å²) in [7, 11) is -3.56. The van der Waals surface area contributed by atoms with Crippen LogP contribution in [0.25, 0.3) is 0 Å². The van der Waals surface area contributed by atoms with Gasteiger partial charge < -0.3 is 5.11 Å². The van der Waals surface area contributed by atoms with Crippen LogP contribution >= 0.6 is 0 Å². The van der Waals surface area contributed by atoms with Gasteiger partial charge in [0.25, 0.3) is 0 Å². The molecule has 0 saturated heterocycles. The highest BCUT2D eigenvalue weighted by molar-refractivity contribution is 7.89. The summed E-state index contributed by atoms with van der Waals surface area (Å²) in [6.07, 6.45) is 1.09. The molecule has 0 amide bonds. The van der Waals surface area contributed by atoms with Crippen molar-refractivity contribution in [2.45, 2.75) is 44.6 Å². The molecule has 0 fully saturated rings. The summed E-state index contributed by atoms with van der Waals surface area (Å²) in [5.41, 5.74) is 0.479. The Bertz CT molecular complexity index is 614. The molecule has 0 aliphatic carbocycles. The van der Waals surface area contributed by atoms with E-state index in [0.717, 1.165) is 6.42 Å². The van der Waals surface area contributed by atoms with Crippen LogP contribution in [0.1, 0.15) is 39.2 Å². The van der Waals surface area contributed by atoms with Crippen molar-refractivity contribution < 1.29 is 13.5 Å². The second kappa shape index (κ2) is 8.18. The summed E-state index contributed by atoms with van der Waals surface area (Å²) in [6.45, 7) is 6.10. The molecule has 5 heteroatoms. The van der Waals surface area contributed by atoms with Crippen molar-refractivity contribution in [1.82, 2.24) is 4.31 Å². The minimum atomic E-state index is -3.56. The van der Waals surface area contributed by atoms with Crippen LogP contribution in [0.4, 0.5) is 0 Å². The molecule has 0 aliphatic heterocycles. The summed E-state index contributed by atoms with van der Waals surface area (Å²) < 4.78 is 27.2. The topological polar surface area (TPSA) is 57.6 Å². The second-order valence-electron chi connectivity index (χ2n) is 4.74. The van der Waals surface area contributed by atoms with Crippen LogP contribution in [0.3, 0.4) is 0 Å². The van der Waals surface area contributed by atoms with Crippen LogP contribution in [0, 0.1) is 11.8 Å². The molecule has 0 aromatic heterocycles. The molecule has 116 valence electrons. The average Bonchev–Trinajstić information content (AvgIpc) is 2.48. The van der Waals surface area contributed by atoms with Gasteiger partial charge in [0.05, 0.1) is 11.5 Å². The van der Waals surface area contributed by atoms with E-state index in [1.165, 1.54) is 4.31 Å². The monoisotopic (exact) mass is 309 g/mol. The Balaban J connectivity index is 3.29. The maximum Gasteiger partial charge on any atom is 0.244 e. The number of rotatable bonds is 6. The molecule has 0 radical (unpaired) electrons. The van der Waals surface area contributed by atoms with Crippen molar-refractivity contribution in [3.05, 3.63) is 29.8 Å². The quantitative estimate of drug-likeness (QED) is 0.820. The third-order valence-corrected chi connectivity index (χ3v) is 5.48. The van der Waals surface area contributed by atoms with E-state index in [4.69, 9.17) is 5.11 Å².